The van der Waals surface area contributed by atoms with Crippen LogP contribution in [0.25, 0.3) is 0 Å². The molecule has 1 aromatic rings. The quantitative estimate of drug-likeness (QED) is 0.476. The Hall–Kier alpha value is -2.24. The maximum atomic E-state index is 12.4. The van der Waals surface area contributed by atoms with E-state index in [4.69, 9.17) is 15.2 Å². The molecule has 1 amide bonds. The van der Waals surface area contributed by atoms with Gasteiger partial charge in [0.05, 0.1) is 18.0 Å². The molecule has 0 aliphatic heterocycles. The van der Waals surface area contributed by atoms with Crippen LogP contribution in [0.1, 0.15) is 57.8 Å². The van der Waals surface area contributed by atoms with Gasteiger partial charge in [-0.2, -0.15) is 0 Å². The van der Waals surface area contributed by atoms with Crippen LogP contribution in [-0.4, -0.2) is 24.1 Å². The fourth-order valence-electron chi connectivity index (χ4n) is 1.83. The van der Waals surface area contributed by atoms with Crippen LogP contribution in [0.3, 0.4) is 0 Å². The molecule has 23 heavy (non-hydrogen) atoms. The lowest BCUT2D eigenvalue weighted by molar-refractivity contribution is -0.114. The predicted octanol–water partition coefficient (Wildman–Crippen LogP) is 3.36. The summed E-state index contributed by atoms with van der Waals surface area (Å²) in [7, 11) is 0. The fraction of sp³-hybridized carbons (Fsp3) is 0.529. The lowest BCUT2D eigenvalue weighted by atomic mass is 10.1. The third-order valence-corrected chi connectivity index (χ3v) is 2.84. The second-order valence-electron chi connectivity index (χ2n) is 6.32. The Morgan fingerprint density at radius 1 is 1.26 bits per heavy atom. The molecule has 6 heteroatoms. The summed E-state index contributed by atoms with van der Waals surface area (Å²) in [5.41, 5.74) is 6.24. The molecule has 0 atom stereocenters. The number of amides is 1. The number of nitrogens with two attached hydrogens (primary N) is 1. The number of ether oxygens (including phenoxy) is 2. The van der Waals surface area contributed by atoms with Gasteiger partial charge in [0.2, 0.25) is 5.91 Å². The van der Waals surface area contributed by atoms with Crippen molar-refractivity contribution in [2.45, 2.75) is 53.1 Å². The third kappa shape index (κ3) is 6.18. The summed E-state index contributed by atoms with van der Waals surface area (Å²) < 4.78 is 11.1. The van der Waals surface area contributed by atoms with E-state index < -0.39 is 11.6 Å². The number of hydrogen-bond donors (Lipinski definition) is 2. The van der Waals surface area contributed by atoms with E-state index in [9.17, 15) is 9.59 Å². The predicted molar refractivity (Wildman–Crippen MR) is 90.7 cm³/mol. The van der Waals surface area contributed by atoms with Gasteiger partial charge in [-0.3, -0.25) is 4.79 Å². The number of benzene rings is 1. The van der Waals surface area contributed by atoms with Gasteiger partial charge in [-0.25, -0.2) is 4.79 Å². The third-order valence-electron chi connectivity index (χ3n) is 2.84. The summed E-state index contributed by atoms with van der Waals surface area (Å²) in [5, 5.41) is 2.62. The van der Waals surface area contributed by atoms with E-state index in [-0.39, 0.29) is 17.2 Å². The minimum Gasteiger partial charge on any atom is -0.493 e. The van der Waals surface area contributed by atoms with E-state index in [1.54, 1.807) is 26.8 Å². The number of unbranched alkanes of at least 4 members (excludes halogenated alkanes) is 1. The first-order chi connectivity index (χ1) is 10.6. The van der Waals surface area contributed by atoms with Crippen molar-refractivity contribution in [2.75, 3.05) is 17.7 Å². The highest BCUT2D eigenvalue weighted by Gasteiger charge is 2.23. The Morgan fingerprint density at radius 2 is 1.91 bits per heavy atom. The normalized spacial score (nSPS) is 11.0. The average molecular weight is 322 g/mol. The zero-order valence-corrected chi connectivity index (χ0v) is 14.5. The van der Waals surface area contributed by atoms with Crippen LogP contribution in [0.5, 0.6) is 5.75 Å². The highest BCUT2D eigenvalue weighted by molar-refractivity contribution is 5.98. The highest BCUT2D eigenvalue weighted by atomic mass is 16.6. The van der Waals surface area contributed by atoms with Gasteiger partial charge in [0.15, 0.2) is 0 Å². The molecular formula is C17H26N2O4. The first-order valence-corrected chi connectivity index (χ1v) is 7.71. The first-order valence-electron chi connectivity index (χ1n) is 7.71. The molecule has 3 N–H and O–H groups in total. The summed E-state index contributed by atoms with van der Waals surface area (Å²) in [6, 6.07) is 3.03. The average Bonchev–Trinajstić information content (AvgIpc) is 2.39. The van der Waals surface area contributed by atoms with Gasteiger partial charge >= 0.3 is 5.97 Å². The summed E-state index contributed by atoms with van der Waals surface area (Å²) in [5.74, 6) is -0.406. The lowest BCUT2D eigenvalue weighted by Crippen LogP contribution is -2.24. The molecule has 0 aliphatic rings. The number of anilines is 2. The van der Waals surface area contributed by atoms with Crippen molar-refractivity contribution >= 4 is 23.3 Å². The second kappa shape index (κ2) is 7.85. The van der Waals surface area contributed by atoms with Gasteiger partial charge in [0, 0.05) is 13.0 Å². The zero-order valence-electron chi connectivity index (χ0n) is 14.5. The van der Waals surface area contributed by atoms with Crippen molar-refractivity contribution in [3.63, 3.8) is 0 Å². The van der Waals surface area contributed by atoms with E-state index in [0.717, 1.165) is 12.8 Å². The number of nitrogens with one attached hydrogen (secondary N) is 1. The van der Waals surface area contributed by atoms with Gasteiger partial charge in [-0.05, 0) is 33.3 Å². The van der Waals surface area contributed by atoms with Crippen molar-refractivity contribution in [3.05, 3.63) is 17.7 Å². The van der Waals surface area contributed by atoms with Gasteiger partial charge in [0.25, 0.3) is 0 Å². The molecule has 128 valence electrons. The van der Waals surface area contributed by atoms with E-state index >= 15 is 0 Å². The lowest BCUT2D eigenvalue weighted by Gasteiger charge is -2.21. The maximum absolute atomic E-state index is 12.4. The smallest absolute Gasteiger partial charge is 0.342 e. The topological polar surface area (TPSA) is 90.6 Å². The van der Waals surface area contributed by atoms with E-state index in [2.05, 4.69) is 5.32 Å². The number of carbonyl (C=O) groups is 2. The zero-order chi connectivity index (χ0) is 17.6. The second-order valence-corrected chi connectivity index (χ2v) is 6.32. The molecule has 0 fully saturated rings. The fourth-order valence-corrected chi connectivity index (χ4v) is 1.83. The molecule has 0 aliphatic carbocycles. The number of esters is 1. The number of carbonyl (C=O) groups excluding carboxylic acids is 2. The van der Waals surface area contributed by atoms with Crippen molar-refractivity contribution in [3.8, 4) is 5.75 Å². The molecular weight excluding hydrogens is 296 g/mol. The van der Waals surface area contributed by atoms with Gasteiger partial charge < -0.3 is 20.5 Å². The Balaban J connectivity index is 3.17. The van der Waals surface area contributed by atoms with Crippen LogP contribution in [0.4, 0.5) is 11.4 Å². The van der Waals surface area contributed by atoms with Crippen LogP contribution < -0.4 is 15.8 Å². The summed E-state index contributed by atoms with van der Waals surface area (Å²) in [6.45, 7) is 9.27. The van der Waals surface area contributed by atoms with Crippen molar-refractivity contribution < 1.29 is 19.1 Å². The van der Waals surface area contributed by atoms with Gasteiger partial charge in [0.1, 0.15) is 16.9 Å². The Labute approximate surface area is 137 Å². The molecule has 0 radical (unpaired) electrons. The molecule has 0 saturated carbocycles. The Bertz CT molecular complexity index is 577. The van der Waals surface area contributed by atoms with Crippen LogP contribution >= 0.6 is 0 Å². The van der Waals surface area contributed by atoms with Crippen molar-refractivity contribution in [1.29, 1.82) is 0 Å². The molecule has 1 rings (SSSR count). The largest absolute Gasteiger partial charge is 0.493 e. The Kier molecular flexibility index (Phi) is 6.42. The van der Waals surface area contributed by atoms with Gasteiger partial charge in [-0.15, -0.1) is 0 Å². The minimum absolute atomic E-state index is 0.249. The van der Waals surface area contributed by atoms with Crippen molar-refractivity contribution in [1.82, 2.24) is 0 Å². The molecule has 0 spiro atoms. The van der Waals surface area contributed by atoms with Crippen LogP contribution in [0.15, 0.2) is 12.1 Å². The summed E-state index contributed by atoms with van der Waals surface area (Å²) >= 11 is 0. The first kappa shape index (κ1) is 18.8. The maximum Gasteiger partial charge on any atom is 0.342 e. The molecule has 0 bridgehead atoms. The van der Waals surface area contributed by atoms with E-state index in [0.29, 0.717) is 18.0 Å². The molecule has 6 nitrogen and oxygen atoms in total. The summed E-state index contributed by atoms with van der Waals surface area (Å²) in [6.07, 6.45) is 1.82. The highest BCUT2D eigenvalue weighted by Crippen LogP contribution is 2.31. The van der Waals surface area contributed by atoms with Crippen LogP contribution in [-0.2, 0) is 9.53 Å². The molecule has 0 aromatic heterocycles. The summed E-state index contributed by atoms with van der Waals surface area (Å²) in [4.78, 5) is 23.6. The van der Waals surface area contributed by atoms with Crippen LogP contribution in [0, 0.1) is 0 Å². The molecule has 0 heterocycles. The SMILES string of the molecule is CCCCOc1cc(NC(C)=O)c(N)cc1C(=O)OC(C)(C)C. The number of nitrogen functional groups attached to an aromatic ring is 1. The standard InChI is InChI=1S/C17H26N2O4/c1-6-7-8-22-15-10-14(19-11(2)20)13(18)9-12(15)16(21)23-17(3,4)5/h9-10H,6-8,18H2,1-5H3,(H,19,20). The number of hydrogen-bond acceptors (Lipinski definition) is 5. The molecule has 0 unspecified atom stereocenters. The van der Waals surface area contributed by atoms with Gasteiger partial charge in [-0.1, -0.05) is 13.3 Å². The van der Waals surface area contributed by atoms with Crippen LogP contribution in [0.2, 0.25) is 0 Å². The minimum atomic E-state index is -0.622. The van der Waals surface area contributed by atoms with E-state index in [1.165, 1.54) is 13.0 Å². The molecule has 1 aromatic carbocycles. The monoisotopic (exact) mass is 322 g/mol. The molecule has 0 saturated heterocycles. The Morgan fingerprint density at radius 3 is 2.43 bits per heavy atom. The van der Waals surface area contributed by atoms with Crippen molar-refractivity contribution in [2.24, 2.45) is 0 Å². The number of rotatable bonds is 6. The van der Waals surface area contributed by atoms with E-state index in [1.807, 2.05) is 6.92 Å².